The van der Waals surface area contributed by atoms with Crippen molar-refractivity contribution in [2.75, 3.05) is 20.2 Å². The minimum atomic E-state index is 0.614. The van der Waals surface area contributed by atoms with Gasteiger partial charge < -0.3 is 10.1 Å². The second-order valence-corrected chi connectivity index (χ2v) is 3.35. The van der Waals surface area contributed by atoms with Gasteiger partial charge in [0.25, 0.3) is 0 Å². The first-order chi connectivity index (χ1) is 6.40. The molecule has 0 spiro atoms. The van der Waals surface area contributed by atoms with Gasteiger partial charge in [-0.2, -0.15) is 0 Å². The Balaban J connectivity index is 2.18. The third-order valence-corrected chi connectivity index (χ3v) is 2.50. The van der Waals surface area contributed by atoms with Crippen LogP contribution in [0.5, 0.6) is 5.75 Å². The fourth-order valence-corrected chi connectivity index (χ4v) is 1.71. The van der Waals surface area contributed by atoms with Crippen LogP contribution in [0, 0.1) is 0 Å². The third-order valence-electron chi connectivity index (χ3n) is 2.50. The van der Waals surface area contributed by atoms with Crippen LogP contribution in [0.3, 0.4) is 0 Å². The van der Waals surface area contributed by atoms with Crippen molar-refractivity contribution in [1.82, 2.24) is 10.3 Å². The second-order valence-electron chi connectivity index (χ2n) is 3.35. The monoisotopic (exact) mass is 178 g/mol. The van der Waals surface area contributed by atoms with E-state index in [9.17, 15) is 0 Å². The van der Waals surface area contributed by atoms with E-state index in [1.165, 1.54) is 12.0 Å². The normalized spacial score (nSPS) is 21.8. The maximum atomic E-state index is 5.13. The number of pyridine rings is 1. The maximum absolute atomic E-state index is 5.13. The number of hydrogen-bond donors (Lipinski definition) is 1. The largest absolute Gasteiger partial charge is 0.495 e. The molecule has 0 aliphatic carbocycles. The molecule has 2 rings (SSSR count). The summed E-state index contributed by atoms with van der Waals surface area (Å²) in [6.45, 7) is 2.18. The molecule has 3 heteroatoms. The van der Waals surface area contributed by atoms with Gasteiger partial charge in [0.05, 0.1) is 13.3 Å². The number of nitrogens with zero attached hydrogens (tertiary/aromatic N) is 1. The standard InChI is InChI=1S/C10H14N2O/c1-13-10-4-9(6-12-7-10)8-2-3-11-5-8/h4,6-8,11H,2-3,5H2,1H3. The van der Waals surface area contributed by atoms with Crippen LogP contribution in [0.4, 0.5) is 0 Å². The first-order valence-corrected chi connectivity index (χ1v) is 4.60. The Hall–Kier alpha value is -1.09. The predicted octanol–water partition coefficient (Wildman–Crippen LogP) is 1.17. The number of nitrogens with one attached hydrogen (secondary N) is 1. The summed E-state index contributed by atoms with van der Waals surface area (Å²) in [7, 11) is 1.67. The minimum Gasteiger partial charge on any atom is -0.495 e. The molecule has 0 saturated carbocycles. The highest BCUT2D eigenvalue weighted by atomic mass is 16.5. The summed E-state index contributed by atoms with van der Waals surface area (Å²) in [5.41, 5.74) is 1.28. The highest BCUT2D eigenvalue weighted by molar-refractivity contribution is 5.27. The summed E-state index contributed by atoms with van der Waals surface area (Å²) in [5, 5.41) is 3.34. The lowest BCUT2D eigenvalue weighted by atomic mass is 10.0. The topological polar surface area (TPSA) is 34.1 Å². The van der Waals surface area contributed by atoms with E-state index in [-0.39, 0.29) is 0 Å². The van der Waals surface area contributed by atoms with Gasteiger partial charge in [0.15, 0.2) is 0 Å². The van der Waals surface area contributed by atoms with Crippen LogP contribution in [0.25, 0.3) is 0 Å². The lowest BCUT2D eigenvalue weighted by molar-refractivity contribution is 0.412. The molecule has 1 fully saturated rings. The molecule has 1 saturated heterocycles. The average molecular weight is 178 g/mol. The van der Waals surface area contributed by atoms with Gasteiger partial charge >= 0.3 is 0 Å². The SMILES string of the molecule is COc1cncc(C2CCNC2)c1. The summed E-state index contributed by atoms with van der Waals surface area (Å²) in [4.78, 5) is 4.15. The summed E-state index contributed by atoms with van der Waals surface area (Å²) in [6, 6.07) is 2.07. The average Bonchev–Trinajstić information content (AvgIpc) is 2.71. The zero-order valence-corrected chi connectivity index (χ0v) is 7.79. The van der Waals surface area contributed by atoms with Crippen molar-refractivity contribution in [3.63, 3.8) is 0 Å². The third kappa shape index (κ3) is 1.80. The van der Waals surface area contributed by atoms with E-state index in [4.69, 9.17) is 4.74 Å². The molecule has 1 aliphatic heterocycles. The molecule has 0 amide bonds. The summed E-state index contributed by atoms with van der Waals surface area (Å²) < 4.78 is 5.13. The lowest BCUT2D eigenvalue weighted by Crippen LogP contribution is -2.08. The molecule has 1 aromatic heterocycles. The lowest BCUT2D eigenvalue weighted by Gasteiger charge is -2.08. The van der Waals surface area contributed by atoms with E-state index < -0.39 is 0 Å². The van der Waals surface area contributed by atoms with Gasteiger partial charge in [-0.15, -0.1) is 0 Å². The van der Waals surface area contributed by atoms with E-state index >= 15 is 0 Å². The van der Waals surface area contributed by atoms with Crippen LogP contribution in [-0.2, 0) is 0 Å². The predicted molar refractivity (Wildman–Crippen MR) is 51.0 cm³/mol. The number of aromatic nitrogens is 1. The van der Waals surface area contributed by atoms with Gasteiger partial charge in [-0.05, 0) is 30.5 Å². The Morgan fingerprint density at radius 1 is 1.54 bits per heavy atom. The van der Waals surface area contributed by atoms with E-state index in [1.807, 2.05) is 6.20 Å². The number of ether oxygens (including phenoxy) is 1. The van der Waals surface area contributed by atoms with Gasteiger partial charge in [-0.3, -0.25) is 4.98 Å². The van der Waals surface area contributed by atoms with Crippen molar-refractivity contribution in [3.8, 4) is 5.75 Å². The highest BCUT2D eigenvalue weighted by Crippen LogP contribution is 2.24. The molecular weight excluding hydrogens is 164 g/mol. The van der Waals surface area contributed by atoms with Crippen molar-refractivity contribution in [3.05, 3.63) is 24.0 Å². The molecule has 1 atom stereocenters. The zero-order valence-electron chi connectivity index (χ0n) is 7.79. The molecule has 0 bridgehead atoms. The Morgan fingerprint density at radius 2 is 2.46 bits per heavy atom. The van der Waals surface area contributed by atoms with Gasteiger partial charge in [0.2, 0.25) is 0 Å². The Morgan fingerprint density at radius 3 is 3.15 bits per heavy atom. The van der Waals surface area contributed by atoms with E-state index in [0.717, 1.165) is 18.8 Å². The van der Waals surface area contributed by atoms with E-state index in [2.05, 4.69) is 16.4 Å². The fourth-order valence-electron chi connectivity index (χ4n) is 1.71. The molecule has 13 heavy (non-hydrogen) atoms. The van der Waals surface area contributed by atoms with Gasteiger partial charge in [-0.25, -0.2) is 0 Å². The molecular formula is C10H14N2O. The molecule has 3 nitrogen and oxygen atoms in total. The zero-order chi connectivity index (χ0) is 9.10. The maximum Gasteiger partial charge on any atom is 0.137 e. The van der Waals surface area contributed by atoms with E-state index in [0.29, 0.717) is 5.92 Å². The molecule has 1 N–H and O–H groups in total. The number of methoxy groups -OCH3 is 1. The molecule has 1 aliphatic rings. The quantitative estimate of drug-likeness (QED) is 0.738. The Kier molecular flexibility index (Phi) is 2.45. The highest BCUT2D eigenvalue weighted by Gasteiger charge is 2.16. The van der Waals surface area contributed by atoms with Crippen molar-refractivity contribution in [2.24, 2.45) is 0 Å². The van der Waals surface area contributed by atoms with Crippen molar-refractivity contribution >= 4 is 0 Å². The summed E-state index contributed by atoms with van der Waals surface area (Å²) in [6.07, 6.45) is 4.88. The van der Waals surface area contributed by atoms with Gasteiger partial charge in [0, 0.05) is 12.7 Å². The minimum absolute atomic E-state index is 0.614. The molecule has 2 heterocycles. The molecule has 0 radical (unpaired) electrons. The van der Waals surface area contributed by atoms with Crippen molar-refractivity contribution in [1.29, 1.82) is 0 Å². The summed E-state index contributed by atoms with van der Waals surface area (Å²) in [5.74, 6) is 1.46. The first-order valence-electron chi connectivity index (χ1n) is 4.60. The fraction of sp³-hybridized carbons (Fsp3) is 0.500. The molecule has 70 valence electrons. The number of hydrogen-bond acceptors (Lipinski definition) is 3. The van der Waals surface area contributed by atoms with Gasteiger partial charge in [0.1, 0.15) is 5.75 Å². The summed E-state index contributed by atoms with van der Waals surface area (Å²) >= 11 is 0. The van der Waals surface area contributed by atoms with E-state index in [1.54, 1.807) is 13.3 Å². The van der Waals surface area contributed by atoms with Crippen LogP contribution >= 0.6 is 0 Å². The number of rotatable bonds is 2. The molecule has 1 aromatic rings. The molecule has 0 aromatic carbocycles. The Bertz CT molecular complexity index is 282. The van der Waals surface area contributed by atoms with Crippen molar-refractivity contribution in [2.45, 2.75) is 12.3 Å². The van der Waals surface area contributed by atoms with Crippen LogP contribution in [0.1, 0.15) is 17.9 Å². The first kappa shape index (κ1) is 8.51. The smallest absolute Gasteiger partial charge is 0.137 e. The van der Waals surface area contributed by atoms with Crippen molar-refractivity contribution < 1.29 is 4.74 Å². The molecule has 1 unspecified atom stereocenters. The van der Waals surface area contributed by atoms with Crippen LogP contribution in [-0.4, -0.2) is 25.2 Å². The van der Waals surface area contributed by atoms with Gasteiger partial charge in [-0.1, -0.05) is 0 Å². The second kappa shape index (κ2) is 3.75. The van der Waals surface area contributed by atoms with Crippen LogP contribution in [0.15, 0.2) is 18.5 Å². The Labute approximate surface area is 78.1 Å². The van der Waals surface area contributed by atoms with Crippen LogP contribution < -0.4 is 10.1 Å². The van der Waals surface area contributed by atoms with Crippen LogP contribution in [0.2, 0.25) is 0 Å².